The molecule has 0 saturated carbocycles. The van der Waals surface area contributed by atoms with Crippen LogP contribution in [0.1, 0.15) is 5.69 Å². The zero-order chi connectivity index (χ0) is 10.4. The zero-order valence-corrected chi connectivity index (χ0v) is 8.06. The Balaban J connectivity index is 2.71. The van der Waals surface area contributed by atoms with Crippen LogP contribution in [0.25, 0.3) is 16.4 Å². The Bertz CT molecular complexity index is 710. The lowest BCUT2D eigenvalue weighted by atomic mass is 10.1. The van der Waals surface area contributed by atoms with Gasteiger partial charge in [-0.15, -0.1) is 0 Å². The molecule has 2 aromatic heterocycles. The van der Waals surface area contributed by atoms with Crippen molar-refractivity contribution in [3.05, 3.63) is 40.4 Å². The van der Waals surface area contributed by atoms with E-state index in [1.807, 2.05) is 31.2 Å². The molecular formula is C10H8N4O. The van der Waals surface area contributed by atoms with Crippen molar-refractivity contribution in [3.8, 4) is 0 Å². The van der Waals surface area contributed by atoms with Crippen LogP contribution in [0.4, 0.5) is 0 Å². The molecule has 0 bridgehead atoms. The molecule has 15 heavy (non-hydrogen) atoms. The Morgan fingerprint density at radius 3 is 2.80 bits per heavy atom. The van der Waals surface area contributed by atoms with Crippen LogP contribution in [0, 0.1) is 6.92 Å². The molecule has 1 aromatic carbocycles. The van der Waals surface area contributed by atoms with E-state index in [2.05, 4.69) is 15.3 Å². The molecule has 0 atom stereocenters. The molecule has 3 aromatic rings. The van der Waals surface area contributed by atoms with Gasteiger partial charge in [-0.25, -0.2) is 9.89 Å². The van der Waals surface area contributed by atoms with E-state index in [9.17, 15) is 4.79 Å². The molecule has 2 heterocycles. The summed E-state index contributed by atoms with van der Waals surface area (Å²) in [6, 6.07) is 7.76. The second-order valence-corrected chi connectivity index (χ2v) is 3.40. The third kappa shape index (κ3) is 0.999. The van der Waals surface area contributed by atoms with Crippen LogP contribution in [0.3, 0.4) is 0 Å². The van der Waals surface area contributed by atoms with Gasteiger partial charge in [-0.2, -0.15) is 14.7 Å². The van der Waals surface area contributed by atoms with Crippen molar-refractivity contribution < 1.29 is 0 Å². The van der Waals surface area contributed by atoms with Gasteiger partial charge in [0.05, 0.1) is 5.69 Å². The first-order valence-electron chi connectivity index (χ1n) is 4.60. The minimum Gasteiger partial charge on any atom is -0.244 e. The van der Waals surface area contributed by atoms with Crippen LogP contribution in [0.15, 0.2) is 29.1 Å². The third-order valence-electron chi connectivity index (χ3n) is 2.46. The van der Waals surface area contributed by atoms with Gasteiger partial charge in [0, 0.05) is 10.8 Å². The first kappa shape index (κ1) is 8.16. The second-order valence-electron chi connectivity index (χ2n) is 3.40. The minimum absolute atomic E-state index is 0.307. The molecule has 0 aliphatic heterocycles. The molecule has 0 saturated heterocycles. The molecule has 0 aliphatic rings. The van der Waals surface area contributed by atoms with Gasteiger partial charge in [-0.1, -0.05) is 24.3 Å². The second kappa shape index (κ2) is 2.66. The smallest absolute Gasteiger partial charge is 0.244 e. The van der Waals surface area contributed by atoms with E-state index in [4.69, 9.17) is 0 Å². The Morgan fingerprint density at radius 2 is 2.00 bits per heavy atom. The number of fused-ring (bicyclic) bond motifs is 3. The maximum atomic E-state index is 11.4. The number of hydrogen-bond acceptors (Lipinski definition) is 3. The zero-order valence-electron chi connectivity index (χ0n) is 8.06. The maximum absolute atomic E-state index is 11.4. The summed E-state index contributed by atoms with van der Waals surface area (Å²) in [6.45, 7) is 1.88. The van der Waals surface area contributed by atoms with Crippen LogP contribution in [0.5, 0.6) is 0 Å². The van der Waals surface area contributed by atoms with Crippen LogP contribution in [-0.2, 0) is 0 Å². The van der Waals surface area contributed by atoms with Crippen molar-refractivity contribution in [2.24, 2.45) is 0 Å². The molecule has 0 unspecified atom stereocenters. The van der Waals surface area contributed by atoms with E-state index < -0.39 is 0 Å². The number of aromatic nitrogens is 4. The number of benzene rings is 1. The highest BCUT2D eigenvalue weighted by molar-refractivity contribution is 5.94. The number of aryl methyl sites for hydroxylation is 1. The topological polar surface area (TPSA) is 63.1 Å². The van der Waals surface area contributed by atoms with E-state index in [1.165, 1.54) is 4.52 Å². The molecule has 1 N–H and O–H groups in total. The van der Waals surface area contributed by atoms with Gasteiger partial charge in [0.15, 0.2) is 5.65 Å². The predicted octanol–water partition coefficient (Wildman–Crippen LogP) is 0.879. The lowest BCUT2D eigenvalue weighted by molar-refractivity contribution is 0.864. The molecule has 3 rings (SSSR count). The van der Waals surface area contributed by atoms with Gasteiger partial charge in [-0.3, -0.25) is 0 Å². The standard InChI is InChI=1S/C10H8N4O/c1-6-7-4-2-3-5-8(7)9-11-12-10(15)14(9)13-6/h2-5H,1H3,(H,12,15). The van der Waals surface area contributed by atoms with E-state index in [0.717, 1.165) is 16.5 Å². The van der Waals surface area contributed by atoms with Crippen LogP contribution < -0.4 is 5.69 Å². The van der Waals surface area contributed by atoms with E-state index in [-0.39, 0.29) is 5.69 Å². The maximum Gasteiger partial charge on any atom is 0.364 e. The average molecular weight is 200 g/mol. The fraction of sp³-hybridized carbons (Fsp3) is 0.100. The van der Waals surface area contributed by atoms with Crippen molar-refractivity contribution in [1.82, 2.24) is 19.8 Å². The number of H-pyrrole nitrogens is 1. The highest BCUT2D eigenvalue weighted by Gasteiger charge is 2.08. The summed E-state index contributed by atoms with van der Waals surface area (Å²) < 4.78 is 1.29. The van der Waals surface area contributed by atoms with Crippen molar-refractivity contribution in [2.45, 2.75) is 6.92 Å². The van der Waals surface area contributed by atoms with Gasteiger partial charge < -0.3 is 0 Å². The number of nitrogens with zero attached hydrogens (tertiary/aromatic N) is 3. The minimum atomic E-state index is -0.307. The molecule has 0 aliphatic carbocycles. The van der Waals surface area contributed by atoms with Crippen molar-refractivity contribution in [2.75, 3.05) is 0 Å². The molecule has 5 nitrogen and oxygen atoms in total. The van der Waals surface area contributed by atoms with Gasteiger partial charge in [0.1, 0.15) is 0 Å². The highest BCUT2D eigenvalue weighted by Crippen LogP contribution is 2.18. The summed E-state index contributed by atoms with van der Waals surface area (Å²) in [5.41, 5.74) is 1.08. The van der Waals surface area contributed by atoms with Gasteiger partial charge >= 0.3 is 5.69 Å². The Morgan fingerprint density at radius 1 is 1.27 bits per heavy atom. The van der Waals surface area contributed by atoms with E-state index in [0.29, 0.717) is 5.65 Å². The molecule has 0 amide bonds. The van der Waals surface area contributed by atoms with E-state index >= 15 is 0 Å². The van der Waals surface area contributed by atoms with Crippen molar-refractivity contribution in [3.63, 3.8) is 0 Å². The Hall–Kier alpha value is -2.17. The lowest BCUT2D eigenvalue weighted by Crippen LogP contribution is -2.13. The molecule has 0 fully saturated rings. The molecule has 74 valence electrons. The average Bonchev–Trinajstić information content (AvgIpc) is 2.62. The summed E-state index contributed by atoms with van der Waals surface area (Å²) in [7, 11) is 0. The molecule has 0 spiro atoms. The van der Waals surface area contributed by atoms with Crippen molar-refractivity contribution in [1.29, 1.82) is 0 Å². The fourth-order valence-electron chi connectivity index (χ4n) is 1.76. The fourth-order valence-corrected chi connectivity index (χ4v) is 1.76. The normalized spacial score (nSPS) is 11.3. The Kier molecular flexibility index (Phi) is 1.45. The van der Waals surface area contributed by atoms with Gasteiger partial charge in [0.2, 0.25) is 0 Å². The third-order valence-corrected chi connectivity index (χ3v) is 2.46. The largest absolute Gasteiger partial charge is 0.364 e. The first-order valence-corrected chi connectivity index (χ1v) is 4.60. The van der Waals surface area contributed by atoms with Gasteiger partial charge in [0.25, 0.3) is 0 Å². The summed E-state index contributed by atoms with van der Waals surface area (Å²) >= 11 is 0. The van der Waals surface area contributed by atoms with Crippen molar-refractivity contribution >= 4 is 16.4 Å². The van der Waals surface area contributed by atoms with Crippen LogP contribution >= 0.6 is 0 Å². The molecule has 0 radical (unpaired) electrons. The summed E-state index contributed by atoms with van der Waals surface area (Å²) in [6.07, 6.45) is 0. The number of aromatic amines is 1. The van der Waals surface area contributed by atoms with Crippen LogP contribution in [0.2, 0.25) is 0 Å². The summed E-state index contributed by atoms with van der Waals surface area (Å²) in [5.74, 6) is 0. The number of nitrogens with one attached hydrogen (secondary N) is 1. The Labute approximate surface area is 84.4 Å². The molecule has 5 heteroatoms. The lowest BCUT2D eigenvalue weighted by Gasteiger charge is -2.01. The quantitative estimate of drug-likeness (QED) is 0.586. The van der Waals surface area contributed by atoms with E-state index in [1.54, 1.807) is 0 Å². The number of hydrogen-bond donors (Lipinski definition) is 1. The summed E-state index contributed by atoms with van der Waals surface area (Å²) in [5, 5.41) is 12.5. The first-order chi connectivity index (χ1) is 7.27. The predicted molar refractivity (Wildman–Crippen MR) is 55.9 cm³/mol. The van der Waals surface area contributed by atoms with Gasteiger partial charge in [-0.05, 0) is 6.92 Å². The van der Waals surface area contributed by atoms with Crippen LogP contribution in [-0.4, -0.2) is 19.8 Å². The summed E-state index contributed by atoms with van der Waals surface area (Å²) in [4.78, 5) is 11.4. The number of rotatable bonds is 0. The SMILES string of the molecule is Cc1nn2c(=O)[nH]nc2c2ccccc12. The molecular weight excluding hydrogens is 192 g/mol. The highest BCUT2D eigenvalue weighted by atomic mass is 16.2. The monoisotopic (exact) mass is 200 g/mol.